The monoisotopic (exact) mass is 229 g/mol. The summed E-state index contributed by atoms with van der Waals surface area (Å²) in [5, 5.41) is 0. The summed E-state index contributed by atoms with van der Waals surface area (Å²) in [5.41, 5.74) is 0. The van der Waals surface area contributed by atoms with Crippen LogP contribution in [0.4, 0.5) is 0 Å². The molecule has 86 valence electrons. The maximum atomic E-state index is 12.1. The minimum atomic E-state index is 0.327. The average molecular weight is 230 g/mol. The Morgan fingerprint density at radius 3 is 2.53 bits per heavy atom. The Bertz CT molecular complexity index is 226. The van der Waals surface area contributed by atoms with Crippen molar-refractivity contribution >= 4 is 17.5 Å². The van der Waals surface area contributed by atoms with E-state index in [1.807, 2.05) is 4.90 Å². The molecular weight excluding hydrogens is 210 g/mol. The van der Waals surface area contributed by atoms with Gasteiger partial charge in [0.1, 0.15) is 0 Å². The maximum Gasteiger partial charge on any atom is 0.225 e. The molecule has 1 unspecified atom stereocenters. The van der Waals surface area contributed by atoms with E-state index in [1.165, 1.54) is 19.3 Å². The second-order valence-electron chi connectivity index (χ2n) is 4.93. The summed E-state index contributed by atoms with van der Waals surface area (Å²) in [6.45, 7) is 1.84. The lowest BCUT2D eigenvalue weighted by molar-refractivity contribution is -0.135. The second-order valence-corrected chi connectivity index (χ2v) is 5.24. The standard InChI is InChI=1S/C12H20ClNO/c13-8-10-6-7-14(9-10)12(15)11-4-2-1-3-5-11/h10-11H,1-9H2. The Morgan fingerprint density at radius 2 is 1.93 bits per heavy atom. The summed E-state index contributed by atoms with van der Waals surface area (Å²) in [4.78, 5) is 14.2. The minimum Gasteiger partial charge on any atom is -0.342 e. The number of hydrogen-bond acceptors (Lipinski definition) is 1. The Hall–Kier alpha value is -0.240. The lowest BCUT2D eigenvalue weighted by atomic mass is 9.88. The van der Waals surface area contributed by atoms with Crippen LogP contribution in [0.3, 0.4) is 0 Å². The van der Waals surface area contributed by atoms with Crippen molar-refractivity contribution in [2.24, 2.45) is 11.8 Å². The number of nitrogens with zero attached hydrogens (tertiary/aromatic N) is 1. The molecule has 1 heterocycles. The van der Waals surface area contributed by atoms with Crippen molar-refractivity contribution in [3.8, 4) is 0 Å². The third-order valence-electron chi connectivity index (χ3n) is 3.77. The van der Waals surface area contributed by atoms with Crippen molar-refractivity contribution in [1.82, 2.24) is 4.90 Å². The van der Waals surface area contributed by atoms with E-state index in [-0.39, 0.29) is 0 Å². The van der Waals surface area contributed by atoms with Gasteiger partial charge in [-0.25, -0.2) is 0 Å². The fraction of sp³-hybridized carbons (Fsp3) is 0.917. The molecule has 2 aliphatic rings. The van der Waals surface area contributed by atoms with E-state index in [4.69, 9.17) is 11.6 Å². The van der Waals surface area contributed by atoms with Crippen LogP contribution in [0, 0.1) is 11.8 Å². The molecule has 1 aliphatic carbocycles. The molecule has 0 aromatic heterocycles. The number of hydrogen-bond donors (Lipinski definition) is 0. The summed E-state index contributed by atoms with van der Waals surface area (Å²) in [5.74, 6) is 1.98. The van der Waals surface area contributed by atoms with E-state index in [1.54, 1.807) is 0 Å². The van der Waals surface area contributed by atoms with Crippen LogP contribution in [-0.4, -0.2) is 29.8 Å². The van der Waals surface area contributed by atoms with E-state index in [0.717, 1.165) is 32.4 Å². The zero-order valence-corrected chi connectivity index (χ0v) is 10.0. The highest BCUT2D eigenvalue weighted by atomic mass is 35.5. The number of carbonyl (C=O) groups excluding carboxylic acids is 1. The van der Waals surface area contributed by atoms with Crippen LogP contribution in [0.15, 0.2) is 0 Å². The lowest BCUT2D eigenvalue weighted by Gasteiger charge is -2.26. The Kier molecular flexibility index (Phi) is 3.90. The molecule has 0 spiro atoms. The average Bonchev–Trinajstić information content (AvgIpc) is 2.78. The van der Waals surface area contributed by atoms with Crippen LogP contribution < -0.4 is 0 Å². The van der Waals surface area contributed by atoms with Crippen LogP contribution in [0.25, 0.3) is 0 Å². The number of amides is 1. The molecule has 1 saturated carbocycles. The fourth-order valence-electron chi connectivity index (χ4n) is 2.77. The lowest BCUT2D eigenvalue weighted by Crippen LogP contribution is -2.35. The van der Waals surface area contributed by atoms with Crippen LogP contribution in [-0.2, 0) is 4.79 Å². The molecule has 1 atom stereocenters. The molecule has 0 aromatic rings. The van der Waals surface area contributed by atoms with Gasteiger partial charge in [-0.2, -0.15) is 0 Å². The topological polar surface area (TPSA) is 20.3 Å². The zero-order valence-electron chi connectivity index (χ0n) is 9.25. The SMILES string of the molecule is O=C(C1CCCCC1)N1CCC(CCl)C1. The van der Waals surface area contributed by atoms with Gasteiger partial charge in [-0.3, -0.25) is 4.79 Å². The molecular formula is C12H20ClNO. The first kappa shape index (κ1) is 11.3. The molecule has 2 fully saturated rings. The van der Waals surface area contributed by atoms with Crippen molar-refractivity contribution < 1.29 is 4.79 Å². The molecule has 15 heavy (non-hydrogen) atoms. The van der Waals surface area contributed by atoms with Crippen molar-refractivity contribution in [2.75, 3.05) is 19.0 Å². The Morgan fingerprint density at radius 1 is 1.20 bits per heavy atom. The van der Waals surface area contributed by atoms with Gasteiger partial charge in [-0.15, -0.1) is 11.6 Å². The normalized spacial score (nSPS) is 28.3. The van der Waals surface area contributed by atoms with Gasteiger partial charge >= 0.3 is 0 Å². The van der Waals surface area contributed by atoms with Crippen molar-refractivity contribution in [3.05, 3.63) is 0 Å². The predicted octanol–water partition coefficient (Wildman–Crippen LogP) is 2.65. The highest BCUT2D eigenvalue weighted by Crippen LogP contribution is 2.28. The summed E-state index contributed by atoms with van der Waals surface area (Å²) in [6.07, 6.45) is 7.12. The number of alkyl halides is 1. The van der Waals surface area contributed by atoms with Crippen LogP contribution >= 0.6 is 11.6 Å². The van der Waals surface area contributed by atoms with Gasteiger partial charge < -0.3 is 4.90 Å². The molecule has 0 bridgehead atoms. The molecule has 2 nitrogen and oxygen atoms in total. The second kappa shape index (κ2) is 5.20. The van der Waals surface area contributed by atoms with E-state index in [0.29, 0.717) is 23.6 Å². The highest BCUT2D eigenvalue weighted by Gasteiger charge is 2.30. The fourth-order valence-corrected chi connectivity index (χ4v) is 3.02. The van der Waals surface area contributed by atoms with Crippen LogP contribution in [0.5, 0.6) is 0 Å². The van der Waals surface area contributed by atoms with Crippen LogP contribution in [0.2, 0.25) is 0 Å². The van der Waals surface area contributed by atoms with Crippen LogP contribution in [0.1, 0.15) is 38.5 Å². The molecule has 0 N–H and O–H groups in total. The van der Waals surface area contributed by atoms with Crippen molar-refractivity contribution in [2.45, 2.75) is 38.5 Å². The van der Waals surface area contributed by atoms with Gasteiger partial charge in [-0.05, 0) is 25.2 Å². The van der Waals surface area contributed by atoms with Crippen molar-refractivity contribution in [1.29, 1.82) is 0 Å². The van der Waals surface area contributed by atoms with E-state index >= 15 is 0 Å². The predicted molar refractivity (Wildman–Crippen MR) is 62.0 cm³/mol. The van der Waals surface area contributed by atoms with E-state index in [2.05, 4.69) is 0 Å². The van der Waals surface area contributed by atoms with Gasteiger partial charge in [0, 0.05) is 24.9 Å². The Balaban J connectivity index is 1.85. The maximum absolute atomic E-state index is 12.1. The summed E-state index contributed by atoms with van der Waals surface area (Å²) in [6, 6.07) is 0. The number of halogens is 1. The third-order valence-corrected chi connectivity index (χ3v) is 4.21. The third kappa shape index (κ3) is 2.66. The van der Waals surface area contributed by atoms with Crippen molar-refractivity contribution in [3.63, 3.8) is 0 Å². The van der Waals surface area contributed by atoms with E-state index in [9.17, 15) is 4.79 Å². The molecule has 3 heteroatoms. The van der Waals surface area contributed by atoms with Gasteiger partial charge in [0.15, 0.2) is 0 Å². The number of carbonyl (C=O) groups is 1. The molecule has 0 aromatic carbocycles. The molecule has 0 radical (unpaired) electrons. The Labute approximate surface area is 97.0 Å². The number of likely N-dealkylation sites (tertiary alicyclic amines) is 1. The van der Waals surface area contributed by atoms with Gasteiger partial charge in [-0.1, -0.05) is 19.3 Å². The first-order valence-corrected chi connectivity index (χ1v) is 6.69. The summed E-state index contributed by atoms with van der Waals surface area (Å²) >= 11 is 5.83. The van der Waals surface area contributed by atoms with Gasteiger partial charge in [0.25, 0.3) is 0 Å². The largest absolute Gasteiger partial charge is 0.342 e. The number of rotatable bonds is 2. The molecule has 1 amide bonds. The smallest absolute Gasteiger partial charge is 0.225 e. The molecule has 1 aliphatic heterocycles. The molecule has 1 saturated heterocycles. The minimum absolute atomic E-state index is 0.327. The van der Waals surface area contributed by atoms with E-state index < -0.39 is 0 Å². The first-order chi connectivity index (χ1) is 7.31. The summed E-state index contributed by atoms with van der Waals surface area (Å²) < 4.78 is 0. The zero-order chi connectivity index (χ0) is 10.7. The highest BCUT2D eigenvalue weighted by molar-refractivity contribution is 6.18. The molecule has 2 rings (SSSR count). The first-order valence-electron chi connectivity index (χ1n) is 6.16. The van der Waals surface area contributed by atoms with Gasteiger partial charge in [0.2, 0.25) is 5.91 Å². The van der Waals surface area contributed by atoms with Gasteiger partial charge in [0.05, 0.1) is 0 Å². The quantitative estimate of drug-likeness (QED) is 0.667. The summed E-state index contributed by atoms with van der Waals surface area (Å²) in [7, 11) is 0.